The van der Waals surface area contributed by atoms with Crippen molar-refractivity contribution < 1.29 is 14.3 Å². The Labute approximate surface area is 128 Å². The highest BCUT2D eigenvalue weighted by atomic mass is 32.1. The molecule has 1 aromatic rings. The fourth-order valence-corrected chi connectivity index (χ4v) is 4.58. The van der Waals surface area contributed by atoms with Crippen molar-refractivity contribution in [3.05, 3.63) is 10.6 Å². The van der Waals surface area contributed by atoms with Crippen LogP contribution in [0.3, 0.4) is 0 Å². The Kier molecular flexibility index (Phi) is 3.97. The lowest BCUT2D eigenvalue weighted by Crippen LogP contribution is -2.34. The highest BCUT2D eigenvalue weighted by Gasteiger charge is 2.38. The van der Waals surface area contributed by atoms with Gasteiger partial charge in [0, 0.05) is 19.5 Å². The predicted octanol–water partition coefficient (Wildman–Crippen LogP) is 2.90. The molecule has 2 heterocycles. The molecule has 0 N–H and O–H groups in total. The Hall–Kier alpha value is -1.43. The van der Waals surface area contributed by atoms with E-state index in [1.807, 2.05) is 0 Å². The van der Waals surface area contributed by atoms with Crippen molar-refractivity contribution in [2.75, 3.05) is 18.6 Å². The summed E-state index contributed by atoms with van der Waals surface area (Å²) in [6.45, 7) is 2.44. The van der Waals surface area contributed by atoms with Crippen molar-refractivity contribution in [1.82, 2.24) is 4.98 Å². The maximum absolute atomic E-state index is 11.8. The molecule has 1 saturated carbocycles. The van der Waals surface area contributed by atoms with Crippen molar-refractivity contribution in [3.8, 4) is 0 Å². The number of aromatic nitrogens is 1. The lowest BCUT2D eigenvalue weighted by atomic mass is 9.85. The topological polar surface area (TPSA) is 59.5 Å². The zero-order chi connectivity index (χ0) is 15.0. The Morgan fingerprint density at radius 2 is 2.05 bits per heavy atom. The normalized spacial score (nSPS) is 24.8. The van der Waals surface area contributed by atoms with Crippen LogP contribution in [-0.4, -0.2) is 36.4 Å². The van der Waals surface area contributed by atoms with Crippen LogP contribution in [0.5, 0.6) is 0 Å². The third kappa shape index (κ3) is 2.57. The molecule has 2 aliphatic rings. The average molecular weight is 308 g/mol. The summed E-state index contributed by atoms with van der Waals surface area (Å²) in [6.07, 6.45) is 6.24. The van der Waals surface area contributed by atoms with E-state index < -0.39 is 5.97 Å². The quantitative estimate of drug-likeness (QED) is 0.635. The van der Waals surface area contributed by atoms with Crippen LogP contribution in [0, 0.1) is 5.92 Å². The first-order valence-electron chi connectivity index (χ1n) is 7.48. The zero-order valence-electron chi connectivity index (χ0n) is 12.4. The largest absolute Gasteiger partial charge is 0.464 e. The number of nitrogens with zero attached hydrogens (tertiary/aromatic N) is 2. The molecule has 2 unspecified atom stereocenters. The number of esters is 1. The second-order valence-corrected chi connectivity index (χ2v) is 6.79. The first-order chi connectivity index (χ1) is 10.1. The number of fused-ring (bicyclic) bond motifs is 1. The van der Waals surface area contributed by atoms with Gasteiger partial charge in [-0.1, -0.05) is 24.2 Å². The number of thiazole rings is 1. The van der Waals surface area contributed by atoms with Crippen LogP contribution in [0.4, 0.5) is 5.13 Å². The van der Waals surface area contributed by atoms with E-state index in [-0.39, 0.29) is 11.5 Å². The van der Waals surface area contributed by atoms with Gasteiger partial charge in [0.1, 0.15) is 4.88 Å². The molecular weight excluding hydrogens is 288 g/mol. The number of carbonyl (C=O) groups is 2. The monoisotopic (exact) mass is 308 g/mol. The van der Waals surface area contributed by atoms with Gasteiger partial charge in [-0.05, 0) is 25.2 Å². The van der Waals surface area contributed by atoms with Gasteiger partial charge in [0.05, 0.1) is 7.11 Å². The molecule has 0 radical (unpaired) electrons. The van der Waals surface area contributed by atoms with Gasteiger partial charge in [-0.25, -0.2) is 9.78 Å². The van der Waals surface area contributed by atoms with Crippen molar-refractivity contribution in [2.45, 2.75) is 45.1 Å². The summed E-state index contributed by atoms with van der Waals surface area (Å²) in [5.41, 5.74) is 0.171. The van der Waals surface area contributed by atoms with Crippen LogP contribution in [0.25, 0.3) is 0 Å². The highest BCUT2D eigenvalue weighted by molar-refractivity contribution is 7.17. The maximum atomic E-state index is 11.8. The minimum atomic E-state index is -0.526. The number of hydrogen-bond acceptors (Lipinski definition) is 6. The van der Waals surface area contributed by atoms with Crippen molar-refractivity contribution in [3.63, 3.8) is 0 Å². The van der Waals surface area contributed by atoms with Crippen molar-refractivity contribution in [1.29, 1.82) is 0 Å². The molecule has 0 spiro atoms. The molecule has 2 atom stereocenters. The van der Waals surface area contributed by atoms with Gasteiger partial charge in [0.25, 0.3) is 0 Å². The fraction of sp³-hybridized carbons (Fsp3) is 0.667. The SMILES string of the molecule is COC(=O)c1nc(N2CCC3CCCCC32)sc1C(C)=O. The Morgan fingerprint density at radius 3 is 2.76 bits per heavy atom. The van der Waals surface area contributed by atoms with Crippen LogP contribution in [-0.2, 0) is 4.74 Å². The van der Waals surface area contributed by atoms with Gasteiger partial charge in [-0.2, -0.15) is 0 Å². The van der Waals surface area contributed by atoms with E-state index in [0.29, 0.717) is 10.9 Å². The molecule has 1 saturated heterocycles. The number of rotatable bonds is 3. The van der Waals surface area contributed by atoms with E-state index in [4.69, 9.17) is 4.74 Å². The Balaban J connectivity index is 1.92. The highest BCUT2D eigenvalue weighted by Crippen LogP contribution is 2.40. The van der Waals surface area contributed by atoms with E-state index in [9.17, 15) is 9.59 Å². The standard InChI is InChI=1S/C15H20N2O3S/c1-9(18)13-12(14(19)20-2)16-15(21-13)17-8-7-10-5-3-4-6-11(10)17/h10-11H,3-8H2,1-2H3. The maximum Gasteiger partial charge on any atom is 0.358 e. The van der Waals surface area contributed by atoms with E-state index in [0.717, 1.165) is 17.6 Å². The minimum absolute atomic E-state index is 0.126. The first-order valence-corrected chi connectivity index (χ1v) is 8.30. The van der Waals surface area contributed by atoms with Gasteiger partial charge < -0.3 is 9.64 Å². The van der Waals surface area contributed by atoms with Gasteiger partial charge >= 0.3 is 5.97 Å². The third-order valence-electron chi connectivity index (χ3n) is 4.57. The average Bonchev–Trinajstić information content (AvgIpc) is 3.10. The van der Waals surface area contributed by atoms with Crippen LogP contribution in [0.1, 0.15) is 59.2 Å². The number of carbonyl (C=O) groups excluding carboxylic acids is 2. The molecule has 0 amide bonds. The zero-order valence-corrected chi connectivity index (χ0v) is 13.2. The van der Waals surface area contributed by atoms with Crippen LogP contribution in [0.2, 0.25) is 0 Å². The minimum Gasteiger partial charge on any atom is -0.464 e. The molecule has 114 valence electrons. The molecule has 21 heavy (non-hydrogen) atoms. The molecular formula is C15H20N2O3S. The molecule has 6 heteroatoms. The lowest BCUT2D eigenvalue weighted by Gasteiger charge is -2.31. The summed E-state index contributed by atoms with van der Waals surface area (Å²) in [5, 5.41) is 0.801. The van der Waals surface area contributed by atoms with Crippen molar-refractivity contribution >= 4 is 28.2 Å². The van der Waals surface area contributed by atoms with Gasteiger partial charge in [0.15, 0.2) is 16.6 Å². The van der Waals surface area contributed by atoms with Gasteiger partial charge in [-0.15, -0.1) is 0 Å². The summed E-state index contributed by atoms with van der Waals surface area (Å²) in [5.74, 6) is 0.0886. The number of Topliss-reactive ketones (excluding diaryl/α,β-unsaturated/α-hetero) is 1. The molecule has 1 aliphatic carbocycles. The number of ether oxygens (including phenoxy) is 1. The first kappa shape index (κ1) is 14.5. The Morgan fingerprint density at radius 1 is 1.29 bits per heavy atom. The lowest BCUT2D eigenvalue weighted by molar-refractivity contribution is 0.0591. The number of methoxy groups -OCH3 is 1. The van der Waals surface area contributed by atoms with Crippen LogP contribution in [0.15, 0.2) is 0 Å². The fourth-order valence-electron chi connectivity index (χ4n) is 3.55. The van der Waals surface area contributed by atoms with E-state index in [1.54, 1.807) is 0 Å². The summed E-state index contributed by atoms with van der Waals surface area (Å²) in [6, 6.07) is 0.523. The smallest absolute Gasteiger partial charge is 0.358 e. The summed E-state index contributed by atoms with van der Waals surface area (Å²) < 4.78 is 4.74. The second-order valence-electron chi connectivity index (χ2n) is 5.82. The molecule has 3 rings (SSSR count). The summed E-state index contributed by atoms with van der Waals surface area (Å²) in [4.78, 5) is 30.7. The summed E-state index contributed by atoms with van der Waals surface area (Å²) in [7, 11) is 1.32. The Bertz CT molecular complexity index is 569. The summed E-state index contributed by atoms with van der Waals surface area (Å²) >= 11 is 1.33. The van der Waals surface area contributed by atoms with E-state index >= 15 is 0 Å². The van der Waals surface area contributed by atoms with Gasteiger partial charge in [-0.3, -0.25) is 4.79 Å². The van der Waals surface area contributed by atoms with Crippen LogP contribution < -0.4 is 4.90 Å². The number of ketones is 1. The van der Waals surface area contributed by atoms with Crippen LogP contribution >= 0.6 is 11.3 Å². The van der Waals surface area contributed by atoms with E-state index in [2.05, 4.69) is 9.88 Å². The molecule has 1 aromatic heterocycles. The van der Waals surface area contributed by atoms with E-state index in [1.165, 1.54) is 57.5 Å². The van der Waals surface area contributed by atoms with Crippen molar-refractivity contribution in [2.24, 2.45) is 5.92 Å². The molecule has 1 aliphatic heterocycles. The van der Waals surface area contributed by atoms with Gasteiger partial charge in [0.2, 0.25) is 0 Å². The predicted molar refractivity (Wildman–Crippen MR) is 81.2 cm³/mol. The number of anilines is 1. The molecule has 0 bridgehead atoms. The third-order valence-corrected chi connectivity index (χ3v) is 5.76. The molecule has 5 nitrogen and oxygen atoms in total. The molecule has 0 aromatic carbocycles. The second kappa shape index (κ2) is 5.75. The molecule has 2 fully saturated rings. The number of hydrogen-bond donors (Lipinski definition) is 0.